The Morgan fingerprint density at radius 3 is 2.21 bits per heavy atom. The highest BCUT2D eigenvalue weighted by Gasteiger charge is 2.28. The van der Waals surface area contributed by atoms with Crippen molar-refractivity contribution in [1.29, 1.82) is 0 Å². The van der Waals surface area contributed by atoms with Crippen LogP contribution in [-0.2, 0) is 23.6 Å². The molecule has 2 heterocycles. The molecule has 1 aliphatic rings. The Balaban J connectivity index is 1.66. The molecule has 0 radical (unpaired) electrons. The van der Waals surface area contributed by atoms with E-state index in [0.29, 0.717) is 18.0 Å². The predicted octanol–water partition coefficient (Wildman–Crippen LogP) is 1.54. The summed E-state index contributed by atoms with van der Waals surface area (Å²) in [5.41, 5.74) is 3.47. The van der Waals surface area contributed by atoms with Gasteiger partial charge < -0.3 is 0 Å². The van der Waals surface area contributed by atoms with Gasteiger partial charge >= 0.3 is 0 Å². The van der Waals surface area contributed by atoms with Gasteiger partial charge in [0, 0.05) is 51.0 Å². The van der Waals surface area contributed by atoms with Gasteiger partial charge in [-0.05, 0) is 26.0 Å². The Kier molecular flexibility index (Phi) is 4.76. The third-order valence-corrected chi connectivity index (χ3v) is 6.67. The van der Waals surface area contributed by atoms with E-state index in [4.69, 9.17) is 0 Å². The molecule has 1 saturated heterocycles. The lowest BCUT2D eigenvalue weighted by Crippen LogP contribution is -2.48. The Bertz CT molecular complexity index is 807. The highest BCUT2D eigenvalue weighted by molar-refractivity contribution is 7.89. The van der Waals surface area contributed by atoms with E-state index >= 15 is 0 Å². The van der Waals surface area contributed by atoms with Gasteiger partial charge in [0.15, 0.2) is 0 Å². The zero-order chi connectivity index (χ0) is 17.3. The van der Waals surface area contributed by atoms with Crippen molar-refractivity contribution in [3.05, 3.63) is 47.3 Å². The second kappa shape index (κ2) is 6.66. The topological polar surface area (TPSA) is 58.4 Å². The first-order chi connectivity index (χ1) is 11.4. The van der Waals surface area contributed by atoms with Crippen molar-refractivity contribution < 1.29 is 8.42 Å². The van der Waals surface area contributed by atoms with Crippen molar-refractivity contribution in [3.8, 4) is 0 Å². The van der Waals surface area contributed by atoms with Crippen LogP contribution in [0.3, 0.4) is 0 Å². The third-order valence-electron chi connectivity index (χ3n) is 4.75. The Morgan fingerprint density at radius 1 is 1.04 bits per heavy atom. The zero-order valence-corrected chi connectivity index (χ0v) is 15.3. The molecule has 3 rings (SSSR count). The SMILES string of the molecule is Cc1nn(C)c(C)c1CN1CCN(S(=O)(=O)c2ccccc2)CC1. The monoisotopic (exact) mass is 348 g/mol. The lowest BCUT2D eigenvalue weighted by Gasteiger charge is -2.34. The minimum atomic E-state index is -3.38. The second-order valence-corrected chi connectivity index (χ2v) is 8.20. The molecule has 6 nitrogen and oxygen atoms in total. The summed E-state index contributed by atoms with van der Waals surface area (Å²) in [5, 5.41) is 4.45. The fourth-order valence-electron chi connectivity index (χ4n) is 3.14. The Labute approximate surface area is 143 Å². The van der Waals surface area contributed by atoms with Gasteiger partial charge in [0.1, 0.15) is 0 Å². The van der Waals surface area contributed by atoms with Crippen molar-refractivity contribution in [1.82, 2.24) is 19.0 Å². The van der Waals surface area contributed by atoms with Crippen molar-refractivity contribution in [2.24, 2.45) is 7.05 Å². The minimum Gasteiger partial charge on any atom is -0.296 e. The smallest absolute Gasteiger partial charge is 0.243 e. The summed E-state index contributed by atoms with van der Waals surface area (Å²) in [6, 6.07) is 8.66. The maximum atomic E-state index is 12.7. The summed E-state index contributed by atoms with van der Waals surface area (Å²) in [6.07, 6.45) is 0. The number of benzene rings is 1. The van der Waals surface area contributed by atoms with Gasteiger partial charge in [-0.25, -0.2) is 8.42 Å². The summed E-state index contributed by atoms with van der Waals surface area (Å²) in [5.74, 6) is 0. The molecule has 0 unspecified atom stereocenters. The number of hydrogen-bond donors (Lipinski definition) is 0. The van der Waals surface area contributed by atoms with Crippen LogP contribution in [-0.4, -0.2) is 53.6 Å². The van der Waals surface area contributed by atoms with Gasteiger partial charge in [0.25, 0.3) is 0 Å². The number of aromatic nitrogens is 2. The van der Waals surface area contributed by atoms with Gasteiger partial charge in [0.05, 0.1) is 10.6 Å². The van der Waals surface area contributed by atoms with Gasteiger partial charge in [-0.3, -0.25) is 9.58 Å². The highest BCUT2D eigenvalue weighted by Crippen LogP contribution is 2.20. The number of sulfonamides is 1. The molecule has 7 heteroatoms. The average molecular weight is 348 g/mol. The Hall–Kier alpha value is -1.70. The second-order valence-electron chi connectivity index (χ2n) is 6.27. The van der Waals surface area contributed by atoms with Gasteiger partial charge in [-0.15, -0.1) is 0 Å². The number of nitrogens with zero attached hydrogens (tertiary/aromatic N) is 4. The van der Waals surface area contributed by atoms with Crippen molar-refractivity contribution >= 4 is 10.0 Å². The molecule has 0 aliphatic carbocycles. The average Bonchev–Trinajstić information content (AvgIpc) is 2.82. The molecular formula is C17H24N4O2S. The van der Waals surface area contributed by atoms with E-state index in [0.717, 1.165) is 25.3 Å². The summed E-state index contributed by atoms with van der Waals surface area (Å²) < 4.78 is 28.8. The van der Waals surface area contributed by atoms with Crippen LogP contribution in [0.15, 0.2) is 35.2 Å². The van der Waals surface area contributed by atoms with E-state index in [-0.39, 0.29) is 0 Å². The zero-order valence-electron chi connectivity index (χ0n) is 14.4. The number of aryl methyl sites for hydroxylation is 2. The van der Waals surface area contributed by atoms with Crippen LogP contribution in [0.4, 0.5) is 0 Å². The number of piperazine rings is 1. The van der Waals surface area contributed by atoms with Crippen LogP contribution in [0.1, 0.15) is 17.0 Å². The third kappa shape index (κ3) is 3.24. The van der Waals surface area contributed by atoms with Gasteiger partial charge in [-0.1, -0.05) is 18.2 Å². The van der Waals surface area contributed by atoms with E-state index in [2.05, 4.69) is 16.9 Å². The first kappa shape index (κ1) is 17.1. The van der Waals surface area contributed by atoms with Gasteiger partial charge in [0.2, 0.25) is 10.0 Å². The summed E-state index contributed by atoms with van der Waals surface area (Å²) >= 11 is 0. The molecule has 0 saturated carbocycles. The number of rotatable bonds is 4. The van der Waals surface area contributed by atoms with Crippen LogP contribution in [0.5, 0.6) is 0 Å². The summed E-state index contributed by atoms with van der Waals surface area (Å²) in [7, 11) is -1.43. The maximum absolute atomic E-state index is 12.7. The molecule has 0 spiro atoms. The molecule has 0 atom stereocenters. The predicted molar refractivity (Wildman–Crippen MR) is 93.2 cm³/mol. The molecule has 0 N–H and O–H groups in total. The van der Waals surface area contributed by atoms with E-state index in [9.17, 15) is 8.42 Å². The summed E-state index contributed by atoms with van der Waals surface area (Å²) in [4.78, 5) is 2.67. The number of hydrogen-bond acceptors (Lipinski definition) is 4. The van der Waals surface area contributed by atoms with Crippen LogP contribution in [0.2, 0.25) is 0 Å². The quantitative estimate of drug-likeness (QED) is 0.841. The van der Waals surface area contributed by atoms with E-state index in [1.807, 2.05) is 24.7 Å². The fraction of sp³-hybridized carbons (Fsp3) is 0.471. The van der Waals surface area contributed by atoms with Crippen LogP contribution in [0, 0.1) is 13.8 Å². The minimum absolute atomic E-state index is 0.373. The first-order valence-electron chi connectivity index (χ1n) is 8.16. The van der Waals surface area contributed by atoms with Crippen molar-refractivity contribution in [2.45, 2.75) is 25.3 Å². The standard InChI is InChI=1S/C17H24N4O2S/c1-14-17(15(2)19(3)18-14)13-20-9-11-21(12-10-20)24(22,23)16-7-5-4-6-8-16/h4-8H,9-13H2,1-3H3. The molecule has 130 valence electrons. The molecule has 2 aromatic rings. The molecule has 1 aliphatic heterocycles. The molecular weight excluding hydrogens is 324 g/mol. The van der Waals surface area contributed by atoms with Crippen LogP contribution < -0.4 is 0 Å². The molecule has 1 fully saturated rings. The molecule has 1 aromatic carbocycles. The van der Waals surface area contributed by atoms with E-state index < -0.39 is 10.0 Å². The largest absolute Gasteiger partial charge is 0.296 e. The Morgan fingerprint density at radius 2 is 1.67 bits per heavy atom. The fourth-order valence-corrected chi connectivity index (χ4v) is 4.58. The van der Waals surface area contributed by atoms with Crippen LogP contribution >= 0.6 is 0 Å². The van der Waals surface area contributed by atoms with Gasteiger partial charge in [-0.2, -0.15) is 9.40 Å². The first-order valence-corrected chi connectivity index (χ1v) is 9.60. The molecule has 0 bridgehead atoms. The van der Waals surface area contributed by atoms with Crippen LogP contribution in [0.25, 0.3) is 0 Å². The molecule has 24 heavy (non-hydrogen) atoms. The lowest BCUT2D eigenvalue weighted by atomic mass is 10.1. The molecule has 1 aromatic heterocycles. The lowest BCUT2D eigenvalue weighted by molar-refractivity contribution is 0.181. The molecule has 0 amide bonds. The normalized spacial score (nSPS) is 17.3. The summed E-state index contributed by atoms with van der Waals surface area (Å²) in [6.45, 7) is 7.44. The highest BCUT2D eigenvalue weighted by atomic mass is 32.2. The van der Waals surface area contributed by atoms with Crippen molar-refractivity contribution in [3.63, 3.8) is 0 Å². The van der Waals surface area contributed by atoms with Crippen molar-refractivity contribution in [2.75, 3.05) is 26.2 Å². The maximum Gasteiger partial charge on any atom is 0.243 e. The van der Waals surface area contributed by atoms with E-state index in [1.54, 1.807) is 28.6 Å². The van der Waals surface area contributed by atoms with E-state index in [1.165, 1.54) is 11.3 Å².